The Morgan fingerprint density at radius 2 is 1.69 bits per heavy atom. The average Bonchev–Trinajstić information content (AvgIpc) is 2.77. The number of piperidine rings is 1. The van der Waals surface area contributed by atoms with Gasteiger partial charge in [-0.3, -0.25) is 10.2 Å². The highest BCUT2D eigenvalue weighted by Gasteiger charge is 2.42. The minimum atomic E-state index is -0.0534. The highest BCUT2D eigenvalue weighted by molar-refractivity contribution is 5.57. The van der Waals surface area contributed by atoms with Crippen molar-refractivity contribution in [3.8, 4) is 0 Å². The molecule has 0 aromatic rings. The molecule has 0 amide bonds. The van der Waals surface area contributed by atoms with Gasteiger partial charge in [-0.2, -0.15) is 0 Å². The Morgan fingerprint density at radius 1 is 0.966 bits per heavy atom. The molecule has 4 rings (SSSR count). The molecule has 5 heteroatoms. The lowest BCUT2D eigenvalue weighted by Crippen LogP contribution is -2.66. The molecule has 3 atom stereocenters. The molecule has 0 bridgehead atoms. The quantitative estimate of drug-likeness (QED) is 0.686. The monoisotopic (exact) mass is 405 g/mol. The molecular formula is C24H43N3O2. The number of ether oxygens (including phenoxy) is 1. The summed E-state index contributed by atoms with van der Waals surface area (Å²) < 4.78 is 5.85. The first-order valence-corrected chi connectivity index (χ1v) is 12.5. The predicted octanol–water partition coefficient (Wildman–Crippen LogP) is 3.42. The summed E-state index contributed by atoms with van der Waals surface area (Å²) in [7, 11) is 0. The second-order valence-electron chi connectivity index (χ2n) is 10.4. The second-order valence-corrected chi connectivity index (χ2v) is 10.4. The molecule has 5 nitrogen and oxygen atoms in total. The van der Waals surface area contributed by atoms with Gasteiger partial charge in [-0.1, -0.05) is 12.8 Å². The number of rotatable bonds is 6. The topological polar surface area (TPSA) is 44.8 Å². The molecular weight excluding hydrogens is 362 g/mol. The van der Waals surface area contributed by atoms with Crippen LogP contribution < -0.4 is 5.32 Å². The minimum absolute atomic E-state index is 0.0534. The number of aldehydes is 1. The molecule has 3 unspecified atom stereocenters. The van der Waals surface area contributed by atoms with E-state index in [2.05, 4.69) is 29.0 Å². The van der Waals surface area contributed by atoms with Crippen molar-refractivity contribution in [2.75, 3.05) is 26.2 Å². The highest BCUT2D eigenvalue weighted by atomic mass is 16.5. The van der Waals surface area contributed by atoms with E-state index >= 15 is 0 Å². The van der Waals surface area contributed by atoms with Crippen LogP contribution in [0.25, 0.3) is 0 Å². The van der Waals surface area contributed by atoms with Crippen LogP contribution in [0, 0.1) is 11.8 Å². The molecule has 0 aromatic carbocycles. The van der Waals surface area contributed by atoms with Crippen LogP contribution in [0.15, 0.2) is 0 Å². The zero-order valence-corrected chi connectivity index (χ0v) is 18.7. The van der Waals surface area contributed by atoms with Crippen LogP contribution in [0.3, 0.4) is 0 Å². The molecule has 2 aliphatic carbocycles. The van der Waals surface area contributed by atoms with Gasteiger partial charge < -0.3 is 14.4 Å². The normalized spacial score (nSPS) is 38.1. The number of carbonyl (C=O) groups excluding carboxylic acids is 1. The summed E-state index contributed by atoms with van der Waals surface area (Å²) in [5.74, 6) is 1.52. The number of fused-ring (bicyclic) bond motifs is 1. The van der Waals surface area contributed by atoms with Crippen molar-refractivity contribution in [1.82, 2.24) is 15.1 Å². The van der Waals surface area contributed by atoms with Gasteiger partial charge >= 0.3 is 0 Å². The van der Waals surface area contributed by atoms with Crippen LogP contribution in [0.2, 0.25) is 0 Å². The fourth-order valence-corrected chi connectivity index (χ4v) is 6.57. The summed E-state index contributed by atoms with van der Waals surface area (Å²) in [6, 6.07) is 1.99. The van der Waals surface area contributed by atoms with Gasteiger partial charge in [0.2, 0.25) is 0 Å². The number of likely N-dealkylation sites (tertiary alicyclic amines) is 1. The number of hydrogen-bond acceptors (Lipinski definition) is 5. The minimum Gasteiger partial charge on any atom is -0.379 e. The molecule has 4 fully saturated rings. The fourth-order valence-electron chi connectivity index (χ4n) is 6.57. The van der Waals surface area contributed by atoms with E-state index in [0.717, 1.165) is 37.3 Å². The zero-order chi connectivity index (χ0) is 20.2. The van der Waals surface area contributed by atoms with E-state index in [-0.39, 0.29) is 6.17 Å². The smallest absolute Gasteiger partial charge is 0.151 e. The Balaban J connectivity index is 1.27. The highest BCUT2D eigenvalue weighted by Crippen LogP contribution is 2.36. The summed E-state index contributed by atoms with van der Waals surface area (Å²) in [4.78, 5) is 17.2. The SMILES string of the molecule is CC(C)OCC1CCC(N2CCC(N3C(C=O)NCC4CCCCC43)CC2)CC1. The van der Waals surface area contributed by atoms with Gasteiger partial charge in [-0.15, -0.1) is 0 Å². The lowest BCUT2D eigenvalue weighted by molar-refractivity contribution is -0.122. The average molecular weight is 406 g/mol. The maximum atomic E-state index is 11.8. The summed E-state index contributed by atoms with van der Waals surface area (Å²) in [5, 5.41) is 3.55. The first kappa shape index (κ1) is 21.7. The zero-order valence-electron chi connectivity index (χ0n) is 18.7. The molecule has 4 aliphatic rings. The van der Waals surface area contributed by atoms with Crippen LogP contribution in [0.4, 0.5) is 0 Å². The standard InChI is InChI=1S/C24H43N3O2/c1-18(2)29-17-19-7-9-21(10-8-19)26-13-11-22(12-14-26)27-23-6-4-3-5-20(23)15-25-24(27)16-28/h16,18-25H,3-15,17H2,1-2H3. The van der Waals surface area contributed by atoms with Crippen molar-refractivity contribution in [3.05, 3.63) is 0 Å². The Bertz CT molecular complexity index is 512. The molecule has 0 radical (unpaired) electrons. The van der Waals surface area contributed by atoms with Gasteiger partial charge in [0.15, 0.2) is 6.29 Å². The van der Waals surface area contributed by atoms with E-state index in [0.29, 0.717) is 18.2 Å². The Morgan fingerprint density at radius 3 is 2.38 bits per heavy atom. The molecule has 0 spiro atoms. The molecule has 29 heavy (non-hydrogen) atoms. The lowest BCUT2D eigenvalue weighted by atomic mass is 9.80. The molecule has 166 valence electrons. The van der Waals surface area contributed by atoms with Gasteiger partial charge in [0, 0.05) is 31.3 Å². The molecule has 0 aromatic heterocycles. The van der Waals surface area contributed by atoms with Gasteiger partial charge in [-0.25, -0.2) is 0 Å². The summed E-state index contributed by atoms with van der Waals surface area (Å²) in [6.45, 7) is 8.68. The first-order valence-electron chi connectivity index (χ1n) is 12.5. The van der Waals surface area contributed by atoms with Crippen LogP contribution in [-0.2, 0) is 9.53 Å². The Hall–Kier alpha value is -0.490. The Labute approximate surface area is 177 Å². The largest absolute Gasteiger partial charge is 0.379 e. The van der Waals surface area contributed by atoms with E-state index < -0.39 is 0 Å². The van der Waals surface area contributed by atoms with E-state index in [1.807, 2.05) is 0 Å². The van der Waals surface area contributed by atoms with Crippen LogP contribution in [0.1, 0.15) is 78.1 Å². The maximum Gasteiger partial charge on any atom is 0.151 e. The number of carbonyl (C=O) groups is 1. The Kier molecular flexibility index (Phi) is 7.65. The van der Waals surface area contributed by atoms with Crippen molar-refractivity contribution in [2.45, 2.75) is 108 Å². The number of hydrogen-bond donors (Lipinski definition) is 1. The lowest BCUT2D eigenvalue weighted by Gasteiger charge is -2.53. The molecule has 2 aliphatic heterocycles. The molecule has 1 N–H and O–H groups in total. The van der Waals surface area contributed by atoms with Crippen LogP contribution in [-0.4, -0.2) is 72.7 Å². The van der Waals surface area contributed by atoms with Crippen LogP contribution in [0.5, 0.6) is 0 Å². The first-order chi connectivity index (χ1) is 14.2. The van der Waals surface area contributed by atoms with Gasteiger partial charge in [0.05, 0.1) is 6.10 Å². The van der Waals surface area contributed by atoms with Crippen LogP contribution >= 0.6 is 0 Å². The number of nitrogens with one attached hydrogen (secondary N) is 1. The third-order valence-electron chi connectivity index (χ3n) is 8.21. The van der Waals surface area contributed by atoms with Crippen molar-refractivity contribution in [2.24, 2.45) is 11.8 Å². The van der Waals surface area contributed by atoms with Gasteiger partial charge in [0.1, 0.15) is 6.17 Å². The van der Waals surface area contributed by atoms with E-state index in [1.165, 1.54) is 77.3 Å². The summed E-state index contributed by atoms with van der Waals surface area (Å²) in [5.41, 5.74) is 0. The van der Waals surface area contributed by atoms with Crippen molar-refractivity contribution in [1.29, 1.82) is 0 Å². The maximum absolute atomic E-state index is 11.8. The summed E-state index contributed by atoms with van der Waals surface area (Å²) >= 11 is 0. The predicted molar refractivity (Wildman–Crippen MR) is 117 cm³/mol. The third kappa shape index (κ3) is 5.23. The van der Waals surface area contributed by atoms with Crippen molar-refractivity contribution in [3.63, 3.8) is 0 Å². The van der Waals surface area contributed by atoms with E-state index in [4.69, 9.17) is 4.74 Å². The third-order valence-corrected chi connectivity index (χ3v) is 8.21. The molecule has 2 saturated carbocycles. The molecule has 2 heterocycles. The van der Waals surface area contributed by atoms with E-state index in [1.54, 1.807) is 0 Å². The van der Waals surface area contributed by atoms with Crippen molar-refractivity contribution < 1.29 is 9.53 Å². The van der Waals surface area contributed by atoms with Gasteiger partial charge in [-0.05, 0) is 90.1 Å². The summed E-state index contributed by atoms with van der Waals surface area (Å²) in [6.07, 6.45) is 14.6. The van der Waals surface area contributed by atoms with Gasteiger partial charge in [0.25, 0.3) is 0 Å². The number of nitrogens with zero attached hydrogens (tertiary/aromatic N) is 2. The van der Waals surface area contributed by atoms with E-state index in [9.17, 15) is 4.79 Å². The fraction of sp³-hybridized carbons (Fsp3) is 0.958. The molecule has 2 saturated heterocycles. The van der Waals surface area contributed by atoms with Crippen molar-refractivity contribution >= 4 is 6.29 Å². The second kappa shape index (κ2) is 10.2.